The van der Waals surface area contributed by atoms with E-state index in [1.165, 1.54) is 32.1 Å². The Hall–Kier alpha value is -0.570. The second-order valence-corrected chi connectivity index (χ2v) is 5.77. The second kappa shape index (κ2) is 4.36. The third-order valence-electron chi connectivity index (χ3n) is 4.23. The van der Waals surface area contributed by atoms with Crippen LogP contribution in [-0.4, -0.2) is 29.1 Å². The van der Waals surface area contributed by atoms with Crippen molar-refractivity contribution < 1.29 is 0 Å². The van der Waals surface area contributed by atoms with Gasteiger partial charge in [-0.15, -0.1) is 0 Å². The van der Waals surface area contributed by atoms with Crippen LogP contribution in [0.1, 0.15) is 32.1 Å². The molecule has 0 aromatic rings. The normalized spacial score (nSPS) is 36.8. The largest absolute Gasteiger partial charge is 0.359 e. The van der Waals surface area contributed by atoms with Crippen molar-refractivity contribution in [3.05, 3.63) is 12.2 Å². The molecular formula is C13H20N2S. The number of thiocarbonyl (C=S) groups is 1. The molecular weight excluding hydrogens is 216 g/mol. The number of likely N-dealkylation sites (tertiary alicyclic amines) is 1. The van der Waals surface area contributed by atoms with Crippen molar-refractivity contribution in [3.8, 4) is 0 Å². The zero-order valence-corrected chi connectivity index (χ0v) is 10.5. The number of piperidine rings is 1. The fourth-order valence-electron chi connectivity index (χ4n) is 3.29. The summed E-state index contributed by atoms with van der Waals surface area (Å²) < 4.78 is 0. The van der Waals surface area contributed by atoms with Crippen LogP contribution in [0, 0.1) is 11.8 Å². The van der Waals surface area contributed by atoms with Gasteiger partial charge in [0.25, 0.3) is 0 Å². The van der Waals surface area contributed by atoms with Gasteiger partial charge in [0.2, 0.25) is 0 Å². The Morgan fingerprint density at radius 3 is 2.56 bits per heavy atom. The molecule has 0 amide bonds. The molecule has 1 aliphatic heterocycles. The predicted octanol–water partition coefficient (Wildman–Crippen LogP) is 2.31. The number of allylic oxidation sites excluding steroid dienone is 1. The summed E-state index contributed by atoms with van der Waals surface area (Å²) in [5.41, 5.74) is 0. The quantitative estimate of drug-likeness (QED) is 0.555. The van der Waals surface area contributed by atoms with E-state index in [4.69, 9.17) is 12.2 Å². The van der Waals surface area contributed by atoms with Crippen LogP contribution in [0.2, 0.25) is 0 Å². The number of fused-ring (bicyclic) bond motifs is 2. The van der Waals surface area contributed by atoms with Gasteiger partial charge in [0, 0.05) is 19.1 Å². The molecule has 16 heavy (non-hydrogen) atoms. The second-order valence-electron chi connectivity index (χ2n) is 5.38. The van der Waals surface area contributed by atoms with Gasteiger partial charge in [-0.05, 0) is 56.2 Å². The Kier molecular flexibility index (Phi) is 2.88. The van der Waals surface area contributed by atoms with Crippen LogP contribution < -0.4 is 5.32 Å². The summed E-state index contributed by atoms with van der Waals surface area (Å²) in [7, 11) is 0. The van der Waals surface area contributed by atoms with E-state index in [9.17, 15) is 0 Å². The average Bonchev–Trinajstić information content (AvgIpc) is 2.92. The minimum atomic E-state index is 0.615. The van der Waals surface area contributed by atoms with Crippen LogP contribution >= 0.6 is 12.2 Å². The number of rotatable bonds is 1. The lowest BCUT2D eigenvalue weighted by Gasteiger charge is -2.32. The molecule has 0 aromatic carbocycles. The summed E-state index contributed by atoms with van der Waals surface area (Å²) in [6.07, 6.45) is 11.4. The summed E-state index contributed by atoms with van der Waals surface area (Å²) in [4.78, 5) is 2.36. The fourth-order valence-corrected chi connectivity index (χ4v) is 3.63. The summed E-state index contributed by atoms with van der Waals surface area (Å²) >= 11 is 5.52. The zero-order chi connectivity index (χ0) is 11.0. The third kappa shape index (κ3) is 1.97. The Labute approximate surface area is 103 Å². The molecule has 1 heterocycles. The molecule has 2 nitrogen and oxygen atoms in total. The van der Waals surface area contributed by atoms with Gasteiger partial charge in [-0.2, -0.15) is 0 Å². The van der Waals surface area contributed by atoms with Crippen LogP contribution in [0.25, 0.3) is 0 Å². The van der Waals surface area contributed by atoms with Crippen molar-refractivity contribution >= 4 is 17.3 Å². The highest BCUT2D eigenvalue weighted by Crippen LogP contribution is 2.39. The first-order valence-corrected chi connectivity index (χ1v) is 6.97. The van der Waals surface area contributed by atoms with Crippen molar-refractivity contribution in [1.29, 1.82) is 0 Å². The number of hydrogen-bond acceptors (Lipinski definition) is 1. The summed E-state index contributed by atoms with van der Waals surface area (Å²) in [5, 5.41) is 4.59. The SMILES string of the molecule is S=C(NC1CC2C=CC1C2)N1CCCCC1. The van der Waals surface area contributed by atoms with Gasteiger partial charge < -0.3 is 10.2 Å². The number of nitrogens with one attached hydrogen (secondary N) is 1. The Bertz CT molecular complexity index is 307. The Balaban J connectivity index is 1.54. The van der Waals surface area contributed by atoms with Crippen LogP contribution in [0.5, 0.6) is 0 Å². The molecule has 2 bridgehead atoms. The summed E-state index contributed by atoms with van der Waals surface area (Å²) in [6.45, 7) is 2.31. The molecule has 1 saturated heterocycles. The van der Waals surface area contributed by atoms with Gasteiger partial charge in [-0.25, -0.2) is 0 Å². The highest BCUT2D eigenvalue weighted by Gasteiger charge is 2.36. The lowest BCUT2D eigenvalue weighted by atomic mass is 10.0. The smallest absolute Gasteiger partial charge is 0.169 e. The maximum Gasteiger partial charge on any atom is 0.169 e. The molecule has 3 unspecified atom stereocenters. The predicted molar refractivity (Wildman–Crippen MR) is 70.3 cm³/mol. The van der Waals surface area contributed by atoms with E-state index < -0.39 is 0 Å². The molecule has 1 N–H and O–H groups in total. The first-order chi connectivity index (χ1) is 7.83. The maximum atomic E-state index is 5.52. The third-order valence-corrected chi connectivity index (χ3v) is 4.61. The lowest BCUT2D eigenvalue weighted by molar-refractivity contribution is 0.330. The maximum absolute atomic E-state index is 5.52. The van der Waals surface area contributed by atoms with E-state index in [-0.39, 0.29) is 0 Å². The van der Waals surface area contributed by atoms with E-state index in [1.807, 2.05) is 0 Å². The molecule has 3 heteroatoms. The van der Waals surface area contributed by atoms with E-state index in [2.05, 4.69) is 22.4 Å². The van der Waals surface area contributed by atoms with Crippen molar-refractivity contribution in [2.45, 2.75) is 38.1 Å². The fraction of sp³-hybridized carbons (Fsp3) is 0.769. The summed E-state index contributed by atoms with van der Waals surface area (Å²) in [6, 6.07) is 0.615. The van der Waals surface area contributed by atoms with Crippen molar-refractivity contribution in [3.63, 3.8) is 0 Å². The van der Waals surface area contributed by atoms with E-state index in [0.29, 0.717) is 6.04 Å². The standard InChI is InChI=1S/C13H20N2S/c16-13(15-6-2-1-3-7-15)14-12-9-10-4-5-11(12)8-10/h4-5,10-12H,1-3,6-9H2,(H,14,16). The molecule has 2 fully saturated rings. The highest BCUT2D eigenvalue weighted by molar-refractivity contribution is 7.80. The molecule has 3 rings (SSSR count). The monoisotopic (exact) mass is 236 g/mol. The minimum absolute atomic E-state index is 0.615. The van der Waals surface area contributed by atoms with Gasteiger partial charge in [0.1, 0.15) is 0 Å². The first-order valence-electron chi connectivity index (χ1n) is 6.57. The molecule has 2 aliphatic carbocycles. The van der Waals surface area contributed by atoms with Gasteiger partial charge in [-0.3, -0.25) is 0 Å². The van der Waals surface area contributed by atoms with Gasteiger partial charge in [0.05, 0.1) is 0 Å². The number of hydrogen-bond donors (Lipinski definition) is 1. The molecule has 0 radical (unpaired) electrons. The molecule has 1 saturated carbocycles. The Morgan fingerprint density at radius 1 is 1.12 bits per heavy atom. The van der Waals surface area contributed by atoms with Crippen molar-refractivity contribution in [2.24, 2.45) is 11.8 Å². The van der Waals surface area contributed by atoms with Crippen molar-refractivity contribution in [2.75, 3.05) is 13.1 Å². The zero-order valence-electron chi connectivity index (χ0n) is 9.69. The topological polar surface area (TPSA) is 15.3 Å². The van der Waals surface area contributed by atoms with Gasteiger partial charge in [-0.1, -0.05) is 12.2 Å². The molecule has 0 aromatic heterocycles. The average molecular weight is 236 g/mol. The molecule has 0 spiro atoms. The van der Waals surface area contributed by atoms with Crippen LogP contribution in [0.15, 0.2) is 12.2 Å². The van der Waals surface area contributed by atoms with E-state index in [0.717, 1.165) is 30.0 Å². The van der Waals surface area contributed by atoms with Crippen molar-refractivity contribution in [1.82, 2.24) is 10.2 Å². The molecule has 3 aliphatic rings. The summed E-state index contributed by atoms with van der Waals surface area (Å²) in [5.74, 6) is 1.57. The molecule has 88 valence electrons. The Morgan fingerprint density at radius 2 is 1.94 bits per heavy atom. The number of nitrogens with zero attached hydrogens (tertiary/aromatic N) is 1. The molecule has 3 atom stereocenters. The van der Waals surface area contributed by atoms with E-state index in [1.54, 1.807) is 0 Å². The lowest BCUT2D eigenvalue weighted by Crippen LogP contribution is -2.47. The first kappa shape index (κ1) is 10.6. The van der Waals surface area contributed by atoms with Gasteiger partial charge >= 0.3 is 0 Å². The van der Waals surface area contributed by atoms with Gasteiger partial charge in [0.15, 0.2) is 5.11 Å². The van der Waals surface area contributed by atoms with Crippen LogP contribution in [-0.2, 0) is 0 Å². The minimum Gasteiger partial charge on any atom is -0.359 e. The highest BCUT2D eigenvalue weighted by atomic mass is 32.1. The van der Waals surface area contributed by atoms with E-state index >= 15 is 0 Å². The van der Waals surface area contributed by atoms with Crippen LogP contribution in [0.4, 0.5) is 0 Å². The van der Waals surface area contributed by atoms with Crippen LogP contribution in [0.3, 0.4) is 0 Å².